The topological polar surface area (TPSA) is 91.4 Å². The molecule has 1 amide bonds. The summed E-state index contributed by atoms with van der Waals surface area (Å²) in [6.07, 6.45) is 5.34. The number of pyridine rings is 1. The number of hydrogen-bond donors (Lipinski definition) is 2. The first-order valence-electron chi connectivity index (χ1n) is 9.51. The van der Waals surface area contributed by atoms with Crippen molar-refractivity contribution in [3.05, 3.63) is 54.1 Å². The first-order valence-corrected chi connectivity index (χ1v) is 11.0. The minimum Gasteiger partial charge on any atom is -0.324 e. The highest BCUT2D eigenvalue weighted by atomic mass is 32.2. The average Bonchev–Trinajstić information content (AvgIpc) is 2.69. The molecule has 2 N–H and O–H groups in total. The van der Waals surface area contributed by atoms with Crippen LogP contribution in [0.15, 0.2) is 47.6 Å². The minimum absolute atomic E-state index is 0.0435. The molecule has 2 heterocycles. The first kappa shape index (κ1) is 21.4. The molecule has 0 spiro atoms. The van der Waals surface area contributed by atoms with Crippen molar-refractivity contribution in [2.45, 2.75) is 31.2 Å². The molecule has 3 rings (SSSR count). The van der Waals surface area contributed by atoms with Gasteiger partial charge in [0.1, 0.15) is 5.82 Å². The van der Waals surface area contributed by atoms with Crippen LogP contribution in [0.2, 0.25) is 0 Å². The van der Waals surface area contributed by atoms with E-state index < -0.39 is 21.7 Å². The fourth-order valence-electron chi connectivity index (χ4n) is 3.36. The molecule has 1 aliphatic heterocycles. The van der Waals surface area contributed by atoms with Crippen LogP contribution < -0.4 is 10.0 Å². The summed E-state index contributed by atoms with van der Waals surface area (Å²) in [5, 5.41) is 2.32. The van der Waals surface area contributed by atoms with Gasteiger partial charge in [0.25, 0.3) is 0 Å². The molecule has 0 radical (unpaired) electrons. The van der Waals surface area contributed by atoms with Crippen LogP contribution in [0.25, 0.3) is 0 Å². The van der Waals surface area contributed by atoms with Crippen LogP contribution in [-0.4, -0.2) is 43.8 Å². The summed E-state index contributed by atoms with van der Waals surface area (Å²) in [5.74, 6) is -0.970. The zero-order valence-corrected chi connectivity index (χ0v) is 17.1. The van der Waals surface area contributed by atoms with Gasteiger partial charge in [-0.1, -0.05) is 0 Å². The Kier molecular flexibility index (Phi) is 6.94. The van der Waals surface area contributed by atoms with Gasteiger partial charge in [-0.2, -0.15) is 0 Å². The molecule has 9 heteroatoms. The normalized spacial score (nSPS) is 15.9. The van der Waals surface area contributed by atoms with Gasteiger partial charge in [0, 0.05) is 32.4 Å². The van der Waals surface area contributed by atoms with Crippen LogP contribution in [0.4, 0.5) is 10.1 Å². The third-order valence-electron chi connectivity index (χ3n) is 4.99. The molecule has 0 aliphatic carbocycles. The van der Waals surface area contributed by atoms with E-state index in [1.807, 2.05) is 12.1 Å². The second kappa shape index (κ2) is 9.43. The quantitative estimate of drug-likeness (QED) is 0.718. The maximum absolute atomic E-state index is 14.0. The van der Waals surface area contributed by atoms with Gasteiger partial charge in [-0.3, -0.25) is 14.7 Å². The number of aromatic nitrogens is 1. The van der Waals surface area contributed by atoms with E-state index in [1.165, 1.54) is 24.6 Å². The standard InChI is InChI=1S/C20H25FN4O3S/c1-15(26)24-20-3-2-18(12-19(20)21)29(27,28)23-13-16-6-10-25(11-7-16)14-17-4-8-22-9-5-17/h2-5,8-9,12,16,23H,6-7,10-11,13-14H2,1H3,(H,24,26). The number of halogens is 1. The Morgan fingerprint density at radius 1 is 1.21 bits per heavy atom. The molecule has 1 aliphatic rings. The fourth-order valence-corrected chi connectivity index (χ4v) is 4.49. The van der Waals surface area contributed by atoms with Crippen molar-refractivity contribution in [2.24, 2.45) is 5.92 Å². The summed E-state index contributed by atoms with van der Waals surface area (Å²) in [4.78, 5) is 17.2. The molecular formula is C20H25FN4O3S. The lowest BCUT2D eigenvalue weighted by Crippen LogP contribution is -2.38. The zero-order valence-electron chi connectivity index (χ0n) is 16.3. The van der Waals surface area contributed by atoms with Gasteiger partial charge < -0.3 is 5.32 Å². The van der Waals surface area contributed by atoms with Gasteiger partial charge in [0.15, 0.2) is 0 Å². The van der Waals surface area contributed by atoms with E-state index in [0.29, 0.717) is 6.54 Å². The number of carbonyl (C=O) groups is 1. The number of likely N-dealkylation sites (tertiary alicyclic amines) is 1. The van der Waals surface area contributed by atoms with E-state index in [-0.39, 0.29) is 16.5 Å². The number of carbonyl (C=O) groups excluding carboxylic acids is 1. The first-order chi connectivity index (χ1) is 13.8. The predicted molar refractivity (Wildman–Crippen MR) is 108 cm³/mol. The van der Waals surface area contributed by atoms with Gasteiger partial charge in [-0.25, -0.2) is 17.5 Å². The summed E-state index contributed by atoms with van der Waals surface area (Å²) in [5.41, 5.74) is 1.17. The minimum atomic E-state index is -3.81. The molecule has 1 saturated heterocycles. The van der Waals surface area contributed by atoms with Crippen molar-refractivity contribution < 1.29 is 17.6 Å². The van der Waals surface area contributed by atoms with Crippen LogP contribution in [0.5, 0.6) is 0 Å². The molecule has 1 fully saturated rings. The molecule has 0 atom stereocenters. The highest BCUT2D eigenvalue weighted by Gasteiger charge is 2.22. The van der Waals surface area contributed by atoms with Crippen molar-refractivity contribution in [3.8, 4) is 0 Å². The smallest absolute Gasteiger partial charge is 0.240 e. The van der Waals surface area contributed by atoms with Crippen molar-refractivity contribution in [3.63, 3.8) is 0 Å². The molecule has 29 heavy (non-hydrogen) atoms. The molecule has 1 aromatic heterocycles. The van der Waals surface area contributed by atoms with E-state index in [1.54, 1.807) is 12.4 Å². The Labute approximate surface area is 170 Å². The summed E-state index contributed by atoms with van der Waals surface area (Å²) in [6.45, 7) is 4.24. The maximum atomic E-state index is 14.0. The van der Waals surface area contributed by atoms with Crippen LogP contribution in [0.3, 0.4) is 0 Å². The average molecular weight is 421 g/mol. The molecule has 0 bridgehead atoms. The lowest BCUT2D eigenvalue weighted by atomic mass is 9.97. The number of nitrogens with one attached hydrogen (secondary N) is 2. The summed E-state index contributed by atoms with van der Waals surface area (Å²) >= 11 is 0. The maximum Gasteiger partial charge on any atom is 0.240 e. The van der Waals surface area contributed by atoms with Crippen LogP contribution in [0.1, 0.15) is 25.3 Å². The number of sulfonamides is 1. The van der Waals surface area contributed by atoms with E-state index >= 15 is 0 Å². The van der Waals surface area contributed by atoms with E-state index in [9.17, 15) is 17.6 Å². The van der Waals surface area contributed by atoms with Crippen molar-refractivity contribution >= 4 is 21.6 Å². The SMILES string of the molecule is CC(=O)Nc1ccc(S(=O)(=O)NCC2CCN(Cc3ccncc3)CC2)cc1F. The highest BCUT2D eigenvalue weighted by Crippen LogP contribution is 2.21. The molecule has 7 nitrogen and oxygen atoms in total. The number of anilines is 1. The van der Waals surface area contributed by atoms with Crippen molar-refractivity contribution in [2.75, 3.05) is 25.0 Å². The van der Waals surface area contributed by atoms with Gasteiger partial charge in [0.2, 0.25) is 15.9 Å². The van der Waals surface area contributed by atoms with Crippen LogP contribution in [-0.2, 0) is 21.4 Å². The van der Waals surface area contributed by atoms with E-state index in [0.717, 1.165) is 38.5 Å². The summed E-state index contributed by atoms with van der Waals surface area (Å²) < 4.78 is 41.6. The fraction of sp³-hybridized carbons (Fsp3) is 0.400. The molecule has 0 unspecified atom stereocenters. The van der Waals surface area contributed by atoms with Gasteiger partial charge >= 0.3 is 0 Å². The number of hydrogen-bond acceptors (Lipinski definition) is 5. The van der Waals surface area contributed by atoms with E-state index in [2.05, 4.69) is 19.9 Å². The number of benzene rings is 1. The third-order valence-corrected chi connectivity index (χ3v) is 6.41. The summed E-state index contributed by atoms with van der Waals surface area (Å²) in [7, 11) is -3.81. The Hall–Kier alpha value is -2.36. The van der Waals surface area contributed by atoms with Crippen LogP contribution >= 0.6 is 0 Å². The Balaban J connectivity index is 1.51. The summed E-state index contributed by atoms with van der Waals surface area (Å²) in [6, 6.07) is 7.45. The van der Waals surface area contributed by atoms with Gasteiger partial charge in [-0.15, -0.1) is 0 Å². The monoisotopic (exact) mass is 420 g/mol. The molecule has 1 aromatic carbocycles. The van der Waals surface area contributed by atoms with E-state index in [4.69, 9.17) is 0 Å². The second-order valence-electron chi connectivity index (χ2n) is 7.25. The third kappa shape index (κ3) is 6.06. The Bertz CT molecular complexity index is 945. The molecule has 156 valence electrons. The van der Waals surface area contributed by atoms with Crippen molar-refractivity contribution in [1.29, 1.82) is 0 Å². The number of rotatable bonds is 7. The Morgan fingerprint density at radius 3 is 2.52 bits per heavy atom. The molecular weight excluding hydrogens is 395 g/mol. The highest BCUT2D eigenvalue weighted by molar-refractivity contribution is 7.89. The zero-order chi connectivity index (χ0) is 20.9. The second-order valence-corrected chi connectivity index (χ2v) is 9.02. The van der Waals surface area contributed by atoms with Gasteiger partial charge in [-0.05, 0) is 67.7 Å². The van der Waals surface area contributed by atoms with Crippen LogP contribution in [0, 0.1) is 11.7 Å². The molecule has 2 aromatic rings. The van der Waals surface area contributed by atoms with Gasteiger partial charge in [0.05, 0.1) is 10.6 Å². The largest absolute Gasteiger partial charge is 0.324 e. The number of piperidine rings is 1. The lowest BCUT2D eigenvalue weighted by molar-refractivity contribution is -0.114. The lowest BCUT2D eigenvalue weighted by Gasteiger charge is -2.32. The number of nitrogens with zero attached hydrogens (tertiary/aromatic N) is 2. The molecule has 0 saturated carbocycles. The Morgan fingerprint density at radius 2 is 1.90 bits per heavy atom. The van der Waals surface area contributed by atoms with Crippen molar-refractivity contribution in [1.82, 2.24) is 14.6 Å². The number of amides is 1. The predicted octanol–water partition coefficient (Wildman–Crippen LogP) is 2.37.